The van der Waals surface area contributed by atoms with Gasteiger partial charge in [0.05, 0.1) is 5.56 Å². The minimum Gasteiger partial charge on any atom is -0.371 e. The molecule has 1 fully saturated rings. The summed E-state index contributed by atoms with van der Waals surface area (Å²) in [6.45, 7) is 6.49. The average Bonchev–Trinajstić information content (AvgIpc) is 3.20. The van der Waals surface area contributed by atoms with E-state index in [1.807, 2.05) is 19.9 Å². The quantitative estimate of drug-likeness (QED) is 0.791. The summed E-state index contributed by atoms with van der Waals surface area (Å²) in [6.07, 6.45) is 2.20. The Morgan fingerprint density at radius 3 is 2.50 bits per heavy atom. The SMILES string of the molecule is CC(C)CNC(=O)c1cc(NC(=O)c2cccc(F)c2)ccc1N1CCCC1. The molecule has 1 heterocycles. The van der Waals surface area contributed by atoms with Crippen LogP contribution in [0, 0.1) is 11.7 Å². The van der Waals surface area contributed by atoms with Crippen molar-refractivity contribution < 1.29 is 14.0 Å². The van der Waals surface area contributed by atoms with Crippen molar-refractivity contribution in [2.45, 2.75) is 26.7 Å². The number of benzene rings is 2. The summed E-state index contributed by atoms with van der Waals surface area (Å²) in [6, 6.07) is 10.9. The largest absolute Gasteiger partial charge is 0.371 e. The molecule has 0 aromatic heterocycles. The highest BCUT2D eigenvalue weighted by Gasteiger charge is 2.20. The van der Waals surface area contributed by atoms with Gasteiger partial charge in [-0.15, -0.1) is 0 Å². The number of nitrogens with zero attached hydrogens (tertiary/aromatic N) is 1. The van der Waals surface area contributed by atoms with Crippen molar-refractivity contribution in [3.8, 4) is 0 Å². The van der Waals surface area contributed by atoms with E-state index in [0.29, 0.717) is 23.7 Å². The molecule has 28 heavy (non-hydrogen) atoms. The molecule has 6 heteroatoms. The zero-order chi connectivity index (χ0) is 20.1. The first-order chi connectivity index (χ1) is 13.4. The summed E-state index contributed by atoms with van der Waals surface area (Å²) in [5.41, 5.74) is 2.16. The van der Waals surface area contributed by atoms with Crippen molar-refractivity contribution in [2.75, 3.05) is 29.9 Å². The molecule has 2 aromatic carbocycles. The van der Waals surface area contributed by atoms with Crippen molar-refractivity contribution in [1.82, 2.24) is 5.32 Å². The highest BCUT2D eigenvalue weighted by molar-refractivity contribution is 6.06. The topological polar surface area (TPSA) is 61.4 Å². The Kier molecular flexibility index (Phi) is 6.29. The lowest BCUT2D eigenvalue weighted by Gasteiger charge is -2.22. The molecule has 0 atom stereocenters. The van der Waals surface area contributed by atoms with Crippen LogP contribution in [0.2, 0.25) is 0 Å². The molecule has 2 amide bonds. The van der Waals surface area contributed by atoms with Crippen molar-refractivity contribution >= 4 is 23.2 Å². The lowest BCUT2D eigenvalue weighted by molar-refractivity contribution is 0.0948. The van der Waals surface area contributed by atoms with Crippen LogP contribution in [0.1, 0.15) is 47.4 Å². The number of rotatable bonds is 6. The van der Waals surface area contributed by atoms with Crippen LogP contribution in [0.15, 0.2) is 42.5 Å². The Morgan fingerprint density at radius 2 is 1.82 bits per heavy atom. The molecule has 0 spiro atoms. The Morgan fingerprint density at radius 1 is 1.07 bits per heavy atom. The molecule has 0 aliphatic carbocycles. The summed E-state index contributed by atoms with van der Waals surface area (Å²) in [7, 11) is 0. The predicted octanol–water partition coefficient (Wildman–Crippen LogP) is 4.06. The standard InChI is InChI=1S/C22H26FN3O2/c1-15(2)14-24-22(28)19-13-18(8-9-20(19)26-10-3-4-11-26)25-21(27)16-6-5-7-17(23)12-16/h5-9,12-13,15H,3-4,10-11,14H2,1-2H3,(H,24,28)(H,25,27). The van der Waals surface area contributed by atoms with Gasteiger partial charge in [-0.25, -0.2) is 4.39 Å². The number of carbonyl (C=O) groups excluding carboxylic acids is 2. The molecule has 0 saturated carbocycles. The van der Waals surface area contributed by atoms with Gasteiger partial charge in [0.2, 0.25) is 0 Å². The summed E-state index contributed by atoms with van der Waals surface area (Å²) in [5, 5.41) is 5.71. The summed E-state index contributed by atoms with van der Waals surface area (Å²) < 4.78 is 13.4. The second-order valence-electron chi connectivity index (χ2n) is 7.49. The zero-order valence-corrected chi connectivity index (χ0v) is 16.3. The first-order valence-electron chi connectivity index (χ1n) is 9.68. The third-order valence-electron chi connectivity index (χ3n) is 4.70. The van der Waals surface area contributed by atoms with E-state index < -0.39 is 11.7 Å². The number of hydrogen-bond donors (Lipinski definition) is 2. The Balaban J connectivity index is 1.84. The second kappa shape index (κ2) is 8.87. The predicted molar refractivity (Wildman–Crippen MR) is 109 cm³/mol. The fraction of sp³-hybridized carbons (Fsp3) is 0.364. The number of carbonyl (C=O) groups is 2. The molecule has 0 bridgehead atoms. The zero-order valence-electron chi connectivity index (χ0n) is 16.3. The molecule has 0 unspecified atom stereocenters. The highest BCUT2D eigenvalue weighted by Crippen LogP contribution is 2.28. The summed E-state index contributed by atoms with van der Waals surface area (Å²) in [5.74, 6) is -0.694. The molecular formula is C22H26FN3O2. The monoisotopic (exact) mass is 383 g/mol. The van der Waals surface area contributed by atoms with Gasteiger partial charge in [0.25, 0.3) is 11.8 Å². The fourth-order valence-corrected chi connectivity index (χ4v) is 3.25. The first-order valence-corrected chi connectivity index (χ1v) is 9.68. The lowest BCUT2D eigenvalue weighted by atomic mass is 10.1. The Hall–Kier alpha value is -2.89. The van der Waals surface area contributed by atoms with Gasteiger partial charge in [-0.1, -0.05) is 19.9 Å². The van der Waals surface area contributed by atoms with Crippen LogP contribution in [-0.2, 0) is 0 Å². The van der Waals surface area contributed by atoms with Crippen LogP contribution in [0.5, 0.6) is 0 Å². The van der Waals surface area contributed by atoms with E-state index in [9.17, 15) is 14.0 Å². The summed E-state index contributed by atoms with van der Waals surface area (Å²) >= 11 is 0. The van der Waals surface area contributed by atoms with Crippen molar-refractivity contribution in [3.63, 3.8) is 0 Å². The van der Waals surface area contributed by atoms with Crippen molar-refractivity contribution in [2.24, 2.45) is 5.92 Å². The average molecular weight is 383 g/mol. The molecule has 0 radical (unpaired) electrons. The van der Waals surface area contributed by atoms with E-state index in [0.717, 1.165) is 31.6 Å². The number of amides is 2. The van der Waals surface area contributed by atoms with Gasteiger partial charge in [0.1, 0.15) is 5.82 Å². The van der Waals surface area contributed by atoms with Crippen molar-refractivity contribution in [3.05, 3.63) is 59.4 Å². The Bertz CT molecular complexity index is 861. The molecule has 1 aliphatic rings. The van der Waals surface area contributed by atoms with Gasteiger partial charge in [-0.2, -0.15) is 0 Å². The van der Waals surface area contributed by atoms with Gasteiger partial charge in [-0.3, -0.25) is 9.59 Å². The molecule has 148 valence electrons. The third-order valence-corrected chi connectivity index (χ3v) is 4.70. The smallest absolute Gasteiger partial charge is 0.255 e. The van der Waals surface area contributed by atoms with Crippen LogP contribution < -0.4 is 15.5 Å². The van der Waals surface area contributed by atoms with Gasteiger partial charge < -0.3 is 15.5 Å². The van der Waals surface area contributed by atoms with E-state index in [4.69, 9.17) is 0 Å². The van der Waals surface area contributed by atoms with Crippen LogP contribution in [0.25, 0.3) is 0 Å². The maximum Gasteiger partial charge on any atom is 0.255 e. The van der Waals surface area contributed by atoms with E-state index in [1.165, 1.54) is 18.2 Å². The number of nitrogens with one attached hydrogen (secondary N) is 2. The molecule has 1 aliphatic heterocycles. The van der Waals surface area contributed by atoms with Gasteiger partial charge in [0, 0.05) is 36.6 Å². The molecule has 2 N–H and O–H groups in total. The number of halogens is 1. The molecule has 5 nitrogen and oxygen atoms in total. The van der Waals surface area contributed by atoms with Crippen molar-refractivity contribution in [1.29, 1.82) is 0 Å². The van der Waals surface area contributed by atoms with Crippen LogP contribution in [0.4, 0.5) is 15.8 Å². The van der Waals surface area contributed by atoms with Crippen LogP contribution in [-0.4, -0.2) is 31.4 Å². The van der Waals surface area contributed by atoms with Gasteiger partial charge in [-0.05, 0) is 55.2 Å². The van der Waals surface area contributed by atoms with Crippen LogP contribution in [0.3, 0.4) is 0 Å². The molecule has 2 aromatic rings. The van der Waals surface area contributed by atoms with E-state index in [2.05, 4.69) is 15.5 Å². The van der Waals surface area contributed by atoms with Crippen LogP contribution >= 0.6 is 0 Å². The van der Waals surface area contributed by atoms with E-state index in [1.54, 1.807) is 18.2 Å². The minimum atomic E-state index is -0.467. The second-order valence-corrected chi connectivity index (χ2v) is 7.49. The number of anilines is 2. The fourth-order valence-electron chi connectivity index (χ4n) is 3.25. The van der Waals surface area contributed by atoms with Gasteiger partial charge in [0.15, 0.2) is 0 Å². The molecular weight excluding hydrogens is 357 g/mol. The van der Waals surface area contributed by atoms with E-state index >= 15 is 0 Å². The maximum atomic E-state index is 13.4. The highest BCUT2D eigenvalue weighted by atomic mass is 19.1. The molecule has 1 saturated heterocycles. The van der Waals surface area contributed by atoms with E-state index in [-0.39, 0.29) is 11.5 Å². The normalized spacial score (nSPS) is 13.6. The maximum absolute atomic E-state index is 13.4. The number of hydrogen-bond acceptors (Lipinski definition) is 3. The van der Waals surface area contributed by atoms with Gasteiger partial charge >= 0.3 is 0 Å². The minimum absolute atomic E-state index is 0.155. The lowest BCUT2D eigenvalue weighted by Crippen LogP contribution is -2.30. The Labute approximate surface area is 164 Å². The first kappa shape index (κ1) is 19.9. The summed E-state index contributed by atoms with van der Waals surface area (Å²) in [4.78, 5) is 27.4. The third kappa shape index (κ3) is 4.88. The molecule has 3 rings (SSSR count).